The smallest absolute Gasteiger partial charge is 0.238 e. The number of likely N-dealkylation sites (N-methyl/N-ethyl adjacent to an activating group) is 1. The first-order chi connectivity index (χ1) is 12.3. The van der Waals surface area contributed by atoms with Gasteiger partial charge in [-0.1, -0.05) is 6.92 Å². The van der Waals surface area contributed by atoms with Gasteiger partial charge in [0.2, 0.25) is 11.8 Å². The summed E-state index contributed by atoms with van der Waals surface area (Å²) in [5, 5.41) is 2.19. The standard InChI is InChI=1S/C18H24F3N3O2/c1-3-12-6-4-5-9-24(12)16(26)11-23(2)10-15(25)22-14-8-7-13(19)17(20)18(14)21/h7-8,12H,3-6,9-11H2,1-2H3,(H,22,25)/t12-/m0/s1. The molecule has 0 spiro atoms. The van der Waals surface area contributed by atoms with Crippen molar-refractivity contribution in [2.75, 3.05) is 32.0 Å². The average molecular weight is 371 g/mol. The van der Waals surface area contributed by atoms with E-state index in [2.05, 4.69) is 5.32 Å². The molecule has 26 heavy (non-hydrogen) atoms. The Bertz CT molecular complexity index is 669. The molecule has 1 N–H and O–H groups in total. The van der Waals surface area contributed by atoms with E-state index in [1.54, 1.807) is 7.05 Å². The number of carbonyl (C=O) groups excluding carboxylic acids is 2. The van der Waals surface area contributed by atoms with Crippen LogP contribution < -0.4 is 5.32 Å². The first-order valence-electron chi connectivity index (χ1n) is 8.74. The van der Waals surface area contributed by atoms with Gasteiger partial charge in [-0.3, -0.25) is 14.5 Å². The molecule has 0 unspecified atom stereocenters. The van der Waals surface area contributed by atoms with Gasteiger partial charge in [-0.25, -0.2) is 13.2 Å². The molecule has 1 atom stereocenters. The minimum Gasteiger partial charge on any atom is -0.339 e. The van der Waals surface area contributed by atoms with Gasteiger partial charge in [-0.05, 0) is 44.9 Å². The molecule has 0 bridgehead atoms. The fourth-order valence-electron chi connectivity index (χ4n) is 3.19. The number of likely N-dealkylation sites (tertiary alicyclic amines) is 1. The molecule has 1 heterocycles. The van der Waals surface area contributed by atoms with E-state index in [0.29, 0.717) is 0 Å². The molecule has 2 amide bonds. The summed E-state index contributed by atoms with van der Waals surface area (Å²) in [6.07, 6.45) is 3.97. The minimum atomic E-state index is -1.64. The maximum Gasteiger partial charge on any atom is 0.238 e. The van der Waals surface area contributed by atoms with E-state index < -0.39 is 29.0 Å². The van der Waals surface area contributed by atoms with Crippen LogP contribution in [0.4, 0.5) is 18.9 Å². The number of carbonyl (C=O) groups is 2. The normalized spacial score (nSPS) is 17.5. The molecule has 2 rings (SSSR count). The SMILES string of the molecule is CC[C@H]1CCCCN1C(=O)CN(C)CC(=O)Nc1ccc(F)c(F)c1F. The lowest BCUT2D eigenvalue weighted by molar-refractivity contribution is -0.136. The number of amides is 2. The van der Waals surface area contributed by atoms with Gasteiger partial charge in [0.25, 0.3) is 0 Å². The van der Waals surface area contributed by atoms with Crippen LogP contribution in [0, 0.1) is 17.5 Å². The summed E-state index contributed by atoms with van der Waals surface area (Å²) in [5.41, 5.74) is -0.435. The van der Waals surface area contributed by atoms with Crippen LogP contribution in [0.15, 0.2) is 12.1 Å². The Kier molecular flexibility index (Phi) is 7.02. The van der Waals surface area contributed by atoms with E-state index in [9.17, 15) is 22.8 Å². The number of rotatable bonds is 6. The molecule has 1 fully saturated rings. The molecular formula is C18H24F3N3O2. The molecule has 1 aliphatic heterocycles. The monoisotopic (exact) mass is 371 g/mol. The van der Waals surface area contributed by atoms with E-state index >= 15 is 0 Å². The van der Waals surface area contributed by atoms with Gasteiger partial charge >= 0.3 is 0 Å². The van der Waals surface area contributed by atoms with E-state index in [-0.39, 0.29) is 25.0 Å². The third-order valence-corrected chi connectivity index (χ3v) is 4.55. The number of halogens is 3. The fraction of sp³-hybridized carbons (Fsp3) is 0.556. The number of nitrogens with zero attached hydrogens (tertiary/aromatic N) is 2. The number of hydrogen-bond acceptors (Lipinski definition) is 3. The van der Waals surface area contributed by atoms with E-state index in [1.165, 1.54) is 4.90 Å². The van der Waals surface area contributed by atoms with Gasteiger partial charge < -0.3 is 10.2 Å². The van der Waals surface area contributed by atoms with Crippen LogP contribution in [0.5, 0.6) is 0 Å². The van der Waals surface area contributed by atoms with Gasteiger partial charge in [0.05, 0.1) is 18.8 Å². The Hall–Kier alpha value is -2.09. The Morgan fingerprint density at radius 3 is 2.62 bits per heavy atom. The first-order valence-corrected chi connectivity index (χ1v) is 8.74. The fourth-order valence-corrected chi connectivity index (χ4v) is 3.19. The average Bonchev–Trinajstić information content (AvgIpc) is 2.61. The Balaban J connectivity index is 1.89. The van der Waals surface area contributed by atoms with Crippen LogP contribution in [-0.2, 0) is 9.59 Å². The highest BCUT2D eigenvalue weighted by molar-refractivity contribution is 5.92. The minimum absolute atomic E-state index is 0.0501. The number of benzene rings is 1. The first kappa shape index (κ1) is 20.2. The number of piperidine rings is 1. The summed E-state index contributed by atoms with van der Waals surface area (Å²) in [6.45, 7) is 2.65. The van der Waals surface area contributed by atoms with Crippen LogP contribution >= 0.6 is 0 Å². The second kappa shape index (κ2) is 9.02. The zero-order valence-corrected chi connectivity index (χ0v) is 15.0. The number of nitrogens with one attached hydrogen (secondary N) is 1. The van der Waals surface area contributed by atoms with E-state index in [1.807, 2.05) is 11.8 Å². The van der Waals surface area contributed by atoms with Crippen LogP contribution in [-0.4, -0.2) is 54.3 Å². The highest BCUT2D eigenvalue weighted by Crippen LogP contribution is 2.20. The molecule has 8 heteroatoms. The molecule has 5 nitrogen and oxygen atoms in total. The molecule has 1 aromatic carbocycles. The predicted octanol–water partition coefficient (Wildman–Crippen LogP) is 2.77. The molecule has 0 aromatic heterocycles. The van der Waals surface area contributed by atoms with Gasteiger partial charge in [-0.15, -0.1) is 0 Å². The largest absolute Gasteiger partial charge is 0.339 e. The molecule has 1 aromatic rings. The van der Waals surface area contributed by atoms with Crippen LogP contribution in [0.1, 0.15) is 32.6 Å². The molecule has 0 aliphatic carbocycles. The third kappa shape index (κ3) is 4.97. The van der Waals surface area contributed by atoms with Crippen molar-refractivity contribution in [3.8, 4) is 0 Å². The van der Waals surface area contributed by atoms with Gasteiger partial charge in [0, 0.05) is 12.6 Å². The van der Waals surface area contributed by atoms with Crippen molar-refractivity contribution >= 4 is 17.5 Å². The summed E-state index contributed by atoms with van der Waals surface area (Å²) >= 11 is 0. The van der Waals surface area contributed by atoms with Crippen molar-refractivity contribution in [3.63, 3.8) is 0 Å². The molecule has 144 valence electrons. The topological polar surface area (TPSA) is 52.7 Å². The Morgan fingerprint density at radius 2 is 1.92 bits per heavy atom. The zero-order chi connectivity index (χ0) is 19.3. The van der Waals surface area contributed by atoms with Crippen molar-refractivity contribution in [1.29, 1.82) is 0 Å². The highest BCUT2D eigenvalue weighted by Gasteiger charge is 2.26. The maximum absolute atomic E-state index is 13.6. The molecule has 0 saturated carbocycles. The zero-order valence-electron chi connectivity index (χ0n) is 15.0. The van der Waals surface area contributed by atoms with Gasteiger partial charge in [0.1, 0.15) is 0 Å². The lowest BCUT2D eigenvalue weighted by Gasteiger charge is -2.36. The molecule has 1 saturated heterocycles. The number of hydrogen-bond donors (Lipinski definition) is 1. The third-order valence-electron chi connectivity index (χ3n) is 4.55. The predicted molar refractivity (Wildman–Crippen MR) is 92.1 cm³/mol. The quantitative estimate of drug-likeness (QED) is 0.783. The summed E-state index contributed by atoms with van der Waals surface area (Å²) in [6, 6.07) is 1.92. The van der Waals surface area contributed by atoms with Gasteiger partial charge in [-0.2, -0.15) is 0 Å². The molecule has 1 aliphatic rings. The summed E-state index contributed by atoms with van der Waals surface area (Å²) in [5.74, 6) is -5.07. The lowest BCUT2D eigenvalue weighted by Crippen LogP contribution is -2.48. The van der Waals surface area contributed by atoms with Crippen molar-refractivity contribution in [2.45, 2.75) is 38.6 Å². The van der Waals surface area contributed by atoms with Crippen molar-refractivity contribution in [2.24, 2.45) is 0 Å². The van der Waals surface area contributed by atoms with Crippen LogP contribution in [0.25, 0.3) is 0 Å². The van der Waals surface area contributed by atoms with Crippen molar-refractivity contribution in [1.82, 2.24) is 9.80 Å². The lowest BCUT2D eigenvalue weighted by atomic mass is 10.00. The second-order valence-corrected chi connectivity index (χ2v) is 6.59. The van der Waals surface area contributed by atoms with Crippen LogP contribution in [0.3, 0.4) is 0 Å². The number of anilines is 1. The van der Waals surface area contributed by atoms with Crippen molar-refractivity contribution < 1.29 is 22.8 Å². The summed E-state index contributed by atoms with van der Waals surface area (Å²) in [4.78, 5) is 27.8. The Morgan fingerprint density at radius 1 is 1.19 bits per heavy atom. The second-order valence-electron chi connectivity index (χ2n) is 6.59. The van der Waals surface area contributed by atoms with E-state index in [4.69, 9.17) is 0 Å². The summed E-state index contributed by atoms with van der Waals surface area (Å²) < 4.78 is 39.7. The summed E-state index contributed by atoms with van der Waals surface area (Å²) in [7, 11) is 1.60. The molecular weight excluding hydrogens is 347 g/mol. The highest BCUT2D eigenvalue weighted by atomic mass is 19.2. The van der Waals surface area contributed by atoms with Gasteiger partial charge in [0.15, 0.2) is 17.5 Å². The van der Waals surface area contributed by atoms with Crippen molar-refractivity contribution in [3.05, 3.63) is 29.6 Å². The van der Waals surface area contributed by atoms with E-state index in [0.717, 1.165) is 44.4 Å². The maximum atomic E-state index is 13.6. The van der Waals surface area contributed by atoms with Crippen LogP contribution in [0.2, 0.25) is 0 Å². The molecule has 0 radical (unpaired) electrons. The Labute approximate surface area is 151 Å².